The van der Waals surface area contributed by atoms with E-state index in [2.05, 4.69) is 11.0 Å². The maximum Gasteiger partial charge on any atom is 0.389 e. The topological polar surface area (TPSA) is 42.2 Å². The largest absolute Gasteiger partial charge is 0.468 e. The van der Waals surface area contributed by atoms with Crippen molar-refractivity contribution in [2.24, 2.45) is 5.92 Å². The van der Waals surface area contributed by atoms with E-state index in [0.717, 1.165) is 33.5 Å². The second-order valence-electron chi connectivity index (χ2n) is 8.92. The van der Waals surface area contributed by atoms with Crippen molar-refractivity contribution in [1.82, 2.24) is 5.32 Å². The van der Waals surface area contributed by atoms with E-state index in [0.29, 0.717) is 16.9 Å². The molecule has 1 aliphatic rings. The third-order valence-corrected chi connectivity index (χ3v) is 6.20. The second kappa shape index (κ2) is 9.40. The molecule has 6 heteroatoms. The fraction of sp³-hybridized carbons (Fsp3) is 0.286. The molecule has 0 fully saturated rings. The highest BCUT2D eigenvalue weighted by molar-refractivity contribution is 6.03. The first kappa shape index (κ1) is 23.7. The lowest BCUT2D eigenvalue weighted by molar-refractivity contribution is -0.143. The van der Waals surface area contributed by atoms with Crippen LogP contribution in [0.3, 0.4) is 0 Å². The molecule has 3 aromatic rings. The Bertz CT molecular complexity index is 1290. The summed E-state index contributed by atoms with van der Waals surface area (Å²) in [4.78, 5) is 13.3. The van der Waals surface area contributed by atoms with Crippen molar-refractivity contribution in [1.29, 1.82) is 0 Å². The minimum atomic E-state index is -4.23. The number of carbonyl (C=O) groups is 1. The van der Waals surface area contributed by atoms with Crippen molar-refractivity contribution in [2.45, 2.75) is 46.2 Å². The number of furan rings is 1. The summed E-state index contributed by atoms with van der Waals surface area (Å²) < 4.78 is 44.7. The quantitative estimate of drug-likeness (QED) is 0.283. The zero-order valence-electron chi connectivity index (χ0n) is 19.3. The molecule has 1 aromatic heterocycles. The molecule has 1 N–H and O–H groups in total. The zero-order chi connectivity index (χ0) is 24.5. The van der Waals surface area contributed by atoms with Crippen molar-refractivity contribution >= 4 is 11.5 Å². The standard InChI is InChI=1S/C28H26F3NO2/c1-17(15-28(29,30)31)12-21-13-20(25-10-11-32-25)8-9-22(21)23-6-4-5-7-24(23)26(33)14-27-19(3)18(2)16-34-27/h4-9,11,13,16-17,32H,12,14-15H2,1-3H3. The van der Waals surface area contributed by atoms with Gasteiger partial charge in [-0.15, -0.1) is 0 Å². The molecule has 2 aromatic carbocycles. The summed E-state index contributed by atoms with van der Waals surface area (Å²) in [5, 5.41) is 3.04. The van der Waals surface area contributed by atoms with Crippen LogP contribution in [0.15, 0.2) is 65.1 Å². The lowest BCUT2D eigenvalue weighted by Crippen LogP contribution is -2.16. The van der Waals surface area contributed by atoms with Crippen LogP contribution < -0.4 is 5.32 Å². The summed E-state index contributed by atoms with van der Waals surface area (Å²) in [7, 11) is 0. The molecule has 1 aliphatic heterocycles. The van der Waals surface area contributed by atoms with Crippen molar-refractivity contribution in [2.75, 3.05) is 0 Å². The third kappa shape index (κ3) is 5.18. The minimum Gasteiger partial charge on any atom is -0.468 e. The van der Waals surface area contributed by atoms with Gasteiger partial charge >= 0.3 is 6.18 Å². The third-order valence-electron chi connectivity index (χ3n) is 6.20. The van der Waals surface area contributed by atoms with Crippen LogP contribution >= 0.6 is 0 Å². The maximum absolute atomic E-state index is 13.3. The van der Waals surface area contributed by atoms with Gasteiger partial charge in [-0.05, 0) is 60.1 Å². The van der Waals surface area contributed by atoms with Crippen LogP contribution in [-0.4, -0.2) is 12.0 Å². The van der Waals surface area contributed by atoms with Crippen molar-refractivity contribution in [3.05, 3.63) is 94.2 Å². The molecular weight excluding hydrogens is 439 g/mol. The number of halogens is 3. The van der Waals surface area contributed by atoms with Gasteiger partial charge in [0.15, 0.2) is 5.78 Å². The first-order valence-electron chi connectivity index (χ1n) is 11.2. The predicted octanol–water partition coefficient (Wildman–Crippen LogP) is 7.18. The second-order valence-corrected chi connectivity index (χ2v) is 8.92. The number of nitrogens with one attached hydrogen (secondary N) is 1. The van der Waals surface area contributed by atoms with E-state index in [1.54, 1.807) is 31.5 Å². The Morgan fingerprint density at radius 2 is 1.85 bits per heavy atom. The molecule has 0 saturated heterocycles. The summed E-state index contributed by atoms with van der Waals surface area (Å²) in [6.45, 7) is 5.45. The number of alkyl halides is 3. The Morgan fingerprint density at radius 1 is 1.12 bits per heavy atom. The van der Waals surface area contributed by atoms with Gasteiger partial charge in [-0.25, -0.2) is 0 Å². The van der Waals surface area contributed by atoms with Crippen LogP contribution in [0.5, 0.6) is 0 Å². The number of carbonyl (C=O) groups excluding carboxylic acids is 1. The summed E-state index contributed by atoms with van der Waals surface area (Å²) in [5.41, 5.74) is 9.38. The maximum atomic E-state index is 13.3. The highest BCUT2D eigenvalue weighted by Crippen LogP contribution is 2.34. The lowest BCUT2D eigenvalue weighted by Gasteiger charge is -2.20. The van der Waals surface area contributed by atoms with E-state index in [1.165, 1.54) is 0 Å². The molecule has 0 spiro atoms. The van der Waals surface area contributed by atoms with Crippen molar-refractivity contribution in [3.63, 3.8) is 0 Å². The summed E-state index contributed by atoms with van der Waals surface area (Å²) in [5.74, 6) is -0.0800. The van der Waals surface area contributed by atoms with Gasteiger partial charge in [-0.1, -0.05) is 49.1 Å². The Hall–Kier alpha value is -3.50. The Labute approximate surface area is 197 Å². The molecule has 0 amide bonds. The molecule has 4 rings (SSSR count). The van der Waals surface area contributed by atoms with Crippen LogP contribution in [0.4, 0.5) is 13.2 Å². The summed E-state index contributed by atoms with van der Waals surface area (Å²) in [6, 6.07) is 12.9. The van der Waals surface area contributed by atoms with Gasteiger partial charge in [0.25, 0.3) is 0 Å². The molecule has 0 radical (unpaired) electrons. The summed E-state index contributed by atoms with van der Waals surface area (Å²) >= 11 is 0. The fourth-order valence-corrected chi connectivity index (χ4v) is 4.27. The Kier molecular flexibility index (Phi) is 6.54. The highest BCUT2D eigenvalue weighted by Gasteiger charge is 2.30. The number of hydrogen-bond donors (Lipinski definition) is 1. The Morgan fingerprint density at radius 3 is 2.47 bits per heavy atom. The first-order valence-corrected chi connectivity index (χ1v) is 11.2. The molecule has 2 heterocycles. The van der Waals surface area contributed by atoms with Crippen LogP contribution in [0.25, 0.3) is 16.8 Å². The van der Waals surface area contributed by atoms with E-state index in [1.807, 2.05) is 44.2 Å². The molecule has 3 nitrogen and oxygen atoms in total. The molecular formula is C28H26F3NO2. The number of hydrogen-bond acceptors (Lipinski definition) is 3. The molecule has 0 bridgehead atoms. The lowest BCUT2D eigenvalue weighted by atomic mass is 9.86. The average Bonchev–Trinajstić information content (AvgIpc) is 3.03. The van der Waals surface area contributed by atoms with Gasteiger partial charge in [0.05, 0.1) is 18.4 Å². The normalized spacial score (nSPS) is 13.8. The molecule has 176 valence electrons. The van der Waals surface area contributed by atoms with Crippen LogP contribution in [0.2, 0.25) is 0 Å². The average molecular weight is 466 g/mol. The monoisotopic (exact) mass is 465 g/mol. The van der Waals surface area contributed by atoms with Gasteiger partial charge in [0, 0.05) is 23.7 Å². The van der Waals surface area contributed by atoms with Crippen molar-refractivity contribution < 1.29 is 22.4 Å². The van der Waals surface area contributed by atoms with Gasteiger partial charge in [-0.3, -0.25) is 4.79 Å². The van der Waals surface area contributed by atoms with E-state index in [4.69, 9.17) is 4.42 Å². The molecule has 1 atom stereocenters. The van der Waals surface area contributed by atoms with Gasteiger partial charge < -0.3 is 9.73 Å². The Balaban J connectivity index is 1.73. The van der Waals surface area contributed by atoms with E-state index in [9.17, 15) is 18.0 Å². The van der Waals surface area contributed by atoms with Crippen LogP contribution in [-0.2, 0) is 12.8 Å². The number of rotatable bonds is 8. The van der Waals surface area contributed by atoms with Gasteiger partial charge in [0.1, 0.15) is 5.76 Å². The SMILES string of the molecule is Cc1coc(CC(=O)c2ccccc2-c2ccc(C3=C=CN3)cc2CC(C)CC(F)(F)F)c1C. The summed E-state index contributed by atoms with van der Waals surface area (Å²) in [6.07, 6.45) is -1.42. The van der Waals surface area contributed by atoms with E-state index < -0.39 is 18.5 Å². The zero-order valence-corrected chi connectivity index (χ0v) is 19.3. The molecule has 0 saturated carbocycles. The fourth-order valence-electron chi connectivity index (χ4n) is 4.27. The smallest absolute Gasteiger partial charge is 0.389 e. The van der Waals surface area contributed by atoms with Gasteiger partial charge in [-0.2, -0.15) is 13.2 Å². The highest BCUT2D eigenvalue weighted by atomic mass is 19.4. The minimum absolute atomic E-state index is 0.0993. The van der Waals surface area contributed by atoms with Crippen molar-refractivity contribution in [3.8, 4) is 11.1 Å². The number of benzene rings is 2. The van der Waals surface area contributed by atoms with E-state index >= 15 is 0 Å². The van der Waals surface area contributed by atoms with Crippen LogP contribution in [0, 0.1) is 19.8 Å². The number of Topliss-reactive ketones (excluding diaryl/α,β-unsaturated/α-hetero) is 1. The number of aryl methyl sites for hydroxylation is 1. The predicted molar refractivity (Wildman–Crippen MR) is 126 cm³/mol. The molecule has 0 aliphatic carbocycles. The first-order chi connectivity index (χ1) is 16.1. The van der Waals surface area contributed by atoms with Crippen LogP contribution in [0.1, 0.15) is 51.7 Å². The van der Waals surface area contributed by atoms with Gasteiger partial charge in [0.2, 0.25) is 0 Å². The molecule has 34 heavy (non-hydrogen) atoms. The number of ketones is 1. The van der Waals surface area contributed by atoms with E-state index in [-0.39, 0.29) is 18.6 Å². The molecule has 1 unspecified atom stereocenters.